The Bertz CT molecular complexity index is 951. The number of likely N-dealkylation sites (tertiary alicyclic amines) is 1. The summed E-state index contributed by atoms with van der Waals surface area (Å²) in [5, 5.41) is 5.86. The summed E-state index contributed by atoms with van der Waals surface area (Å²) in [6.07, 6.45) is 5.22. The van der Waals surface area contributed by atoms with Crippen LogP contribution in [-0.4, -0.2) is 57.1 Å². The van der Waals surface area contributed by atoms with Crippen LogP contribution in [-0.2, 0) is 16.1 Å². The number of hydrogen-bond acceptors (Lipinski definition) is 6. The summed E-state index contributed by atoms with van der Waals surface area (Å²) in [6.45, 7) is 8.03. The third kappa shape index (κ3) is 5.08. The van der Waals surface area contributed by atoms with Crippen LogP contribution < -0.4 is 10.9 Å². The number of carbonyl (C=O) groups is 2. The molecule has 3 rings (SSSR count). The standard InChI is InChI=1S/C21H31N5O4/c1-4-7-14(3)23-20(28)15-8-6-9-25(12-15)13-16-10-18(27)26-19(24-16)17(11-22-26)21(29)30-5-2/h10-11,14-15,22H,4-9,12-13H2,1-3H3,(H,23,28). The van der Waals surface area contributed by atoms with Gasteiger partial charge in [-0.3, -0.25) is 19.6 Å². The van der Waals surface area contributed by atoms with Crippen molar-refractivity contribution in [3.63, 3.8) is 0 Å². The Morgan fingerprint density at radius 3 is 2.93 bits per heavy atom. The van der Waals surface area contributed by atoms with Gasteiger partial charge in [-0.05, 0) is 39.7 Å². The Hall–Kier alpha value is -2.68. The smallest absolute Gasteiger partial charge is 0.343 e. The van der Waals surface area contributed by atoms with Crippen LogP contribution in [0.25, 0.3) is 5.65 Å². The topological polar surface area (TPSA) is 109 Å². The van der Waals surface area contributed by atoms with Gasteiger partial charge in [0.25, 0.3) is 5.56 Å². The van der Waals surface area contributed by atoms with Gasteiger partial charge in [-0.1, -0.05) is 13.3 Å². The number of ether oxygens (including phenoxy) is 1. The van der Waals surface area contributed by atoms with Gasteiger partial charge in [0, 0.05) is 31.4 Å². The number of esters is 1. The molecule has 2 unspecified atom stereocenters. The number of piperidine rings is 1. The fourth-order valence-corrected chi connectivity index (χ4v) is 3.98. The predicted molar refractivity (Wildman–Crippen MR) is 112 cm³/mol. The molecule has 30 heavy (non-hydrogen) atoms. The Morgan fingerprint density at radius 2 is 2.20 bits per heavy atom. The molecule has 0 bridgehead atoms. The first-order chi connectivity index (χ1) is 14.4. The van der Waals surface area contributed by atoms with Crippen molar-refractivity contribution in [1.29, 1.82) is 0 Å². The van der Waals surface area contributed by atoms with Crippen molar-refractivity contribution in [2.45, 2.75) is 59.0 Å². The predicted octanol–water partition coefficient (Wildman–Crippen LogP) is 1.72. The van der Waals surface area contributed by atoms with E-state index in [1.54, 1.807) is 6.92 Å². The van der Waals surface area contributed by atoms with Crippen LogP contribution in [0, 0.1) is 5.92 Å². The van der Waals surface area contributed by atoms with Gasteiger partial charge in [-0.15, -0.1) is 0 Å². The van der Waals surface area contributed by atoms with Crippen LogP contribution in [0.15, 0.2) is 17.1 Å². The largest absolute Gasteiger partial charge is 0.462 e. The number of aromatic nitrogens is 3. The molecule has 2 atom stereocenters. The molecule has 0 spiro atoms. The quantitative estimate of drug-likeness (QED) is 0.633. The van der Waals surface area contributed by atoms with Crippen LogP contribution in [0.5, 0.6) is 0 Å². The zero-order valence-corrected chi connectivity index (χ0v) is 17.9. The van der Waals surface area contributed by atoms with Crippen molar-refractivity contribution >= 4 is 17.5 Å². The van der Waals surface area contributed by atoms with E-state index in [4.69, 9.17) is 4.74 Å². The number of fused-ring (bicyclic) bond motifs is 1. The highest BCUT2D eigenvalue weighted by Crippen LogP contribution is 2.19. The molecule has 1 amide bonds. The van der Waals surface area contributed by atoms with E-state index in [-0.39, 0.29) is 41.2 Å². The van der Waals surface area contributed by atoms with Crippen molar-refractivity contribution in [3.05, 3.63) is 33.9 Å². The molecule has 1 saturated heterocycles. The van der Waals surface area contributed by atoms with E-state index in [1.807, 2.05) is 6.92 Å². The third-order valence-corrected chi connectivity index (χ3v) is 5.42. The molecule has 1 fully saturated rings. The minimum absolute atomic E-state index is 0.0646. The van der Waals surface area contributed by atoms with Crippen molar-refractivity contribution in [2.24, 2.45) is 5.92 Å². The lowest BCUT2D eigenvalue weighted by atomic mass is 9.96. The molecule has 0 saturated carbocycles. The lowest BCUT2D eigenvalue weighted by Gasteiger charge is -2.32. The number of amides is 1. The van der Waals surface area contributed by atoms with Crippen LogP contribution in [0.3, 0.4) is 0 Å². The van der Waals surface area contributed by atoms with Crippen molar-refractivity contribution in [2.75, 3.05) is 19.7 Å². The number of nitrogens with one attached hydrogen (secondary N) is 2. The van der Waals surface area contributed by atoms with Crippen molar-refractivity contribution < 1.29 is 14.3 Å². The van der Waals surface area contributed by atoms with Crippen LogP contribution in [0.2, 0.25) is 0 Å². The number of hydrogen-bond donors (Lipinski definition) is 2. The minimum atomic E-state index is -0.517. The summed E-state index contributed by atoms with van der Waals surface area (Å²) in [5.41, 5.74) is 0.781. The molecule has 9 heteroatoms. The summed E-state index contributed by atoms with van der Waals surface area (Å²) in [6, 6.07) is 1.64. The van der Waals surface area contributed by atoms with Gasteiger partial charge in [0.1, 0.15) is 5.56 Å². The van der Waals surface area contributed by atoms with Crippen LogP contribution in [0.4, 0.5) is 0 Å². The highest BCUT2D eigenvalue weighted by atomic mass is 16.5. The maximum atomic E-state index is 12.6. The van der Waals surface area contributed by atoms with E-state index in [2.05, 4.69) is 27.2 Å². The highest BCUT2D eigenvalue weighted by Gasteiger charge is 2.27. The molecule has 0 radical (unpaired) electrons. The first kappa shape index (κ1) is 22.0. The van der Waals surface area contributed by atoms with Gasteiger partial charge in [-0.25, -0.2) is 14.3 Å². The SMILES string of the molecule is CCCC(C)NC(=O)C1CCCN(Cc2cc(=O)n3[nH]cc(C(=O)OCC)c3n2)C1. The summed E-state index contributed by atoms with van der Waals surface area (Å²) in [4.78, 5) is 43.8. The highest BCUT2D eigenvalue weighted by molar-refractivity contribution is 5.95. The number of H-pyrrole nitrogens is 1. The maximum Gasteiger partial charge on any atom is 0.343 e. The minimum Gasteiger partial charge on any atom is -0.462 e. The fourth-order valence-electron chi connectivity index (χ4n) is 3.98. The van der Waals surface area contributed by atoms with Crippen molar-refractivity contribution in [1.82, 2.24) is 24.8 Å². The van der Waals surface area contributed by atoms with E-state index in [1.165, 1.54) is 16.8 Å². The maximum absolute atomic E-state index is 12.6. The number of carbonyl (C=O) groups excluding carboxylic acids is 2. The number of rotatable bonds is 8. The van der Waals surface area contributed by atoms with E-state index in [9.17, 15) is 14.4 Å². The summed E-state index contributed by atoms with van der Waals surface area (Å²) in [7, 11) is 0. The Labute approximate surface area is 175 Å². The molecule has 9 nitrogen and oxygen atoms in total. The Morgan fingerprint density at radius 1 is 1.40 bits per heavy atom. The second-order valence-corrected chi connectivity index (χ2v) is 7.92. The first-order valence-electron chi connectivity index (χ1n) is 10.7. The summed E-state index contributed by atoms with van der Waals surface area (Å²) in [5.74, 6) is -0.485. The Kier molecular flexibility index (Phi) is 7.25. The van der Waals surface area contributed by atoms with E-state index in [0.717, 1.165) is 32.2 Å². The Balaban J connectivity index is 1.72. The second kappa shape index (κ2) is 9.88. The zero-order chi connectivity index (χ0) is 21.7. The lowest BCUT2D eigenvalue weighted by Crippen LogP contribution is -2.45. The van der Waals surface area contributed by atoms with Crippen LogP contribution in [0.1, 0.15) is 62.5 Å². The second-order valence-electron chi connectivity index (χ2n) is 7.92. The van der Waals surface area contributed by atoms with E-state index in [0.29, 0.717) is 18.8 Å². The molecule has 2 aromatic rings. The molecular formula is C21H31N5O4. The van der Waals surface area contributed by atoms with Crippen LogP contribution >= 0.6 is 0 Å². The molecule has 2 aromatic heterocycles. The summed E-state index contributed by atoms with van der Waals surface area (Å²) >= 11 is 0. The molecule has 3 heterocycles. The molecule has 0 aromatic carbocycles. The molecule has 1 aliphatic rings. The molecule has 164 valence electrons. The van der Waals surface area contributed by atoms with Crippen molar-refractivity contribution in [3.8, 4) is 0 Å². The van der Waals surface area contributed by atoms with Gasteiger partial charge < -0.3 is 10.1 Å². The fraction of sp³-hybridized carbons (Fsp3) is 0.619. The molecule has 0 aliphatic carbocycles. The van der Waals surface area contributed by atoms with Gasteiger partial charge in [0.05, 0.1) is 18.2 Å². The number of nitrogens with zero attached hydrogens (tertiary/aromatic N) is 3. The van der Waals surface area contributed by atoms with Gasteiger partial charge in [-0.2, -0.15) is 0 Å². The monoisotopic (exact) mass is 417 g/mol. The molecular weight excluding hydrogens is 386 g/mol. The van der Waals surface area contributed by atoms with Gasteiger partial charge in [0.2, 0.25) is 5.91 Å². The average molecular weight is 418 g/mol. The normalized spacial score (nSPS) is 18.3. The molecule has 2 N–H and O–H groups in total. The molecule has 1 aliphatic heterocycles. The lowest BCUT2D eigenvalue weighted by molar-refractivity contribution is -0.127. The first-order valence-corrected chi connectivity index (χ1v) is 10.7. The average Bonchev–Trinajstić information content (AvgIpc) is 3.13. The van der Waals surface area contributed by atoms with Gasteiger partial charge >= 0.3 is 5.97 Å². The van der Waals surface area contributed by atoms with E-state index < -0.39 is 5.97 Å². The van der Waals surface area contributed by atoms with Gasteiger partial charge in [0.15, 0.2) is 5.65 Å². The zero-order valence-electron chi connectivity index (χ0n) is 17.9. The number of aromatic amines is 1. The summed E-state index contributed by atoms with van der Waals surface area (Å²) < 4.78 is 6.28. The van der Waals surface area contributed by atoms with E-state index >= 15 is 0 Å². The third-order valence-electron chi connectivity index (χ3n) is 5.42.